The Kier molecular flexibility index (Phi) is 7.05. The van der Waals surface area contributed by atoms with Crippen LogP contribution in [0.4, 0.5) is 0 Å². The van der Waals surface area contributed by atoms with Crippen LogP contribution < -0.4 is 0 Å². The fraction of sp³-hybridized carbons (Fsp3) is 0.947. The van der Waals surface area contributed by atoms with E-state index >= 15 is 0 Å². The van der Waals surface area contributed by atoms with E-state index in [1.54, 1.807) is 0 Å². The highest BCUT2D eigenvalue weighted by molar-refractivity contribution is 5.82. The second-order valence-electron chi connectivity index (χ2n) is 8.28. The topological polar surface area (TPSA) is 26.8 Å². The molecular weight excluding hydrogens is 286 g/mol. The number of hydrogen-bond donors (Lipinski definition) is 0. The van der Waals surface area contributed by atoms with Crippen LogP contribution in [0.3, 0.4) is 0 Å². The van der Waals surface area contributed by atoms with Crippen molar-refractivity contribution in [2.45, 2.75) is 59.5 Å². The Labute approximate surface area is 143 Å². The van der Waals surface area contributed by atoms with Gasteiger partial charge >= 0.3 is 0 Å². The lowest BCUT2D eigenvalue weighted by Crippen LogP contribution is -2.55. The molecule has 0 bridgehead atoms. The van der Waals surface area contributed by atoms with Crippen molar-refractivity contribution in [3.05, 3.63) is 0 Å². The third-order valence-corrected chi connectivity index (χ3v) is 5.67. The zero-order valence-corrected chi connectivity index (χ0v) is 15.9. The third kappa shape index (κ3) is 5.54. The van der Waals surface area contributed by atoms with E-state index in [0.29, 0.717) is 24.4 Å². The van der Waals surface area contributed by atoms with Crippen LogP contribution in [0.25, 0.3) is 0 Å². The predicted molar refractivity (Wildman–Crippen MR) is 96.8 cm³/mol. The van der Waals surface area contributed by atoms with Gasteiger partial charge in [-0.05, 0) is 52.6 Å². The average Bonchev–Trinajstić information content (AvgIpc) is 2.48. The van der Waals surface area contributed by atoms with Crippen LogP contribution in [0, 0.1) is 11.8 Å². The Balaban J connectivity index is 1.70. The van der Waals surface area contributed by atoms with Gasteiger partial charge in [-0.1, -0.05) is 13.8 Å². The summed E-state index contributed by atoms with van der Waals surface area (Å²) in [6.45, 7) is 18.7. The fourth-order valence-electron chi connectivity index (χ4n) is 4.08. The molecule has 134 valence electrons. The van der Waals surface area contributed by atoms with E-state index in [1.807, 2.05) is 13.8 Å². The van der Waals surface area contributed by atoms with Crippen LogP contribution in [0.2, 0.25) is 0 Å². The quantitative estimate of drug-likeness (QED) is 0.750. The van der Waals surface area contributed by atoms with Crippen LogP contribution in [0.1, 0.15) is 47.5 Å². The number of nitrogens with zero attached hydrogens (tertiary/aromatic N) is 3. The van der Waals surface area contributed by atoms with Gasteiger partial charge in [0.25, 0.3) is 0 Å². The minimum atomic E-state index is 0.173. The van der Waals surface area contributed by atoms with Crippen molar-refractivity contribution < 1.29 is 4.79 Å². The zero-order valence-electron chi connectivity index (χ0n) is 15.9. The van der Waals surface area contributed by atoms with Gasteiger partial charge in [0.1, 0.15) is 5.78 Å². The summed E-state index contributed by atoms with van der Waals surface area (Å²) in [7, 11) is 0. The van der Waals surface area contributed by atoms with Crippen molar-refractivity contribution in [3.63, 3.8) is 0 Å². The molecular formula is C19H37N3O. The van der Waals surface area contributed by atoms with E-state index in [1.165, 1.54) is 39.0 Å². The van der Waals surface area contributed by atoms with Gasteiger partial charge in [-0.2, -0.15) is 0 Å². The lowest BCUT2D eigenvalue weighted by molar-refractivity contribution is -0.123. The molecule has 1 atom stereocenters. The number of likely N-dealkylation sites (tertiary alicyclic amines) is 1. The highest BCUT2D eigenvalue weighted by Gasteiger charge is 2.28. The number of piperidine rings is 1. The molecule has 0 aromatic heterocycles. The highest BCUT2D eigenvalue weighted by atomic mass is 16.1. The summed E-state index contributed by atoms with van der Waals surface area (Å²) in [4.78, 5) is 19.5. The first-order chi connectivity index (χ1) is 10.9. The smallest absolute Gasteiger partial charge is 0.149 e. The molecule has 2 saturated heterocycles. The monoisotopic (exact) mass is 323 g/mol. The van der Waals surface area contributed by atoms with Gasteiger partial charge in [-0.15, -0.1) is 0 Å². The summed E-state index contributed by atoms with van der Waals surface area (Å²) in [6, 6.07) is 1.33. The molecule has 0 spiro atoms. The van der Waals surface area contributed by atoms with Crippen LogP contribution >= 0.6 is 0 Å². The fourth-order valence-corrected chi connectivity index (χ4v) is 4.08. The van der Waals surface area contributed by atoms with Crippen molar-refractivity contribution in [2.75, 3.05) is 45.8 Å². The van der Waals surface area contributed by atoms with Crippen molar-refractivity contribution in [2.24, 2.45) is 11.8 Å². The van der Waals surface area contributed by atoms with Gasteiger partial charge in [0, 0.05) is 44.2 Å². The van der Waals surface area contributed by atoms with Crippen LogP contribution in [-0.2, 0) is 4.79 Å². The van der Waals surface area contributed by atoms with E-state index in [2.05, 4.69) is 35.5 Å². The second kappa shape index (κ2) is 8.59. The Morgan fingerprint density at radius 3 is 2.17 bits per heavy atom. The lowest BCUT2D eigenvalue weighted by Gasteiger charge is -2.44. The number of carbonyl (C=O) groups is 1. The molecule has 4 nitrogen and oxygen atoms in total. The van der Waals surface area contributed by atoms with Crippen molar-refractivity contribution in [1.82, 2.24) is 14.7 Å². The first-order valence-electron chi connectivity index (χ1n) is 9.60. The summed E-state index contributed by atoms with van der Waals surface area (Å²) in [5, 5.41) is 0. The number of rotatable bonds is 6. The maximum atomic E-state index is 11.9. The average molecular weight is 324 g/mol. The van der Waals surface area contributed by atoms with E-state index in [9.17, 15) is 4.79 Å². The summed E-state index contributed by atoms with van der Waals surface area (Å²) in [5.41, 5.74) is 0. The molecule has 2 fully saturated rings. The Morgan fingerprint density at radius 1 is 1.00 bits per heavy atom. The molecule has 2 rings (SSSR count). The zero-order chi connectivity index (χ0) is 17.0. The normalized spacial score (nSPS) is 26.3. The minimum Gasteiger partial charge on any atom is -0.300 e. The number of ketones is 1. The van der Waals surface area contributed by atoms with E-state index in [0.717, 1.165) is 19.0 Å². The molecule has 2 aliphatic heterocycles. The maximum Gasteiger partial charge on any atom is 0.149 e. The summed E-state index contributed by atoms with van der Waals surface area (Å²) < 4.78 is 0. The summed E-state index contributed by atoms with van der Waals surface area (Å²) in [6.07, 6.45) is 2.51. The number of hydrogen-bond acceptors (Lipinski definition) is 4. The maximum absolute atomic E-state index is 11.9. The van der Waals surface area contributed by atoms with Crippen LogP contribution in [0.15, 0.2) is 0 Å². The first kappa shape index (κ1) is 18.9. The van der Waals surface area contributed by atoms with E-state index in [4.69, 9.17) is 0 Å². The number of piperazine rings is 1. The van der Waals surface area contributed by atoms with Gasteiger partial charge in [0.2, 0.25) is 0 Å². The molecule has 2 heterocycles. The van der Waals surface area contributed by atoms with Gasteiger partial charge in [0.15, 0.2) is 0 Å². The molecule has 2 aliphatic rings. The van der Waals surface area contributed by atoms with Crippen molar-refractivity contribution >= 4 is 5.78 Å². The predicted octanol–water partition coefficient (Wildman–Crippen LogP) is 2.34. The van der Waals surface area contributed by atoms with Crippen LogP contribution in [-0.4, -0.2) is 78.4 Å². The number of carbonyl (C=O) groups excluding carboxylic acids is 1. The Hall–Kier alpha value is -0.450. The molecule has 0 aliphatic carbocycles. The summed E-state index contributed by atoms with van der Waals surface area (Å²) >= 11 is 0. The molecule has 0 radical (unpaired) electrons. The molecule has 0 unspecified atom stereocenters. The molecule has 0 saturated carbocycles. The highest BCUT2D eigenvalue weighted by Crippen LogP contribution is 2.21. The van der Waals surface area contributed by atoms with Gasteiger partial charge in [-0.3, -0.25) is 14.6 Å². The molecule has 0 N–H and O–H groups in total. The Bertz CT molecular complexity index is 375. The SMILES string of the molecule is CC(C)C(=O)CN1CCC(CN2CCN(C(C)C)[C@@H](C)C2)CC1. The molecule has 0 amide bonds. The van der Waals surface area contributed by atoms with Crippen molar-refractivity contribution in [3.8, 4) is 0 Å². The second-order valence-corrected chi connectivity index (χ2v) is 8.28. The minimum absolute atomic E-state index is 0.173. The van der Waals surface area contributed by atoms with E-state index < -0.39 is 0 Å². The first-order valence-corrected chi connectivity index (χ1v) is 9.60. The molecule has 0 aromatic rings. The summed E-state index contributed by atoms with van der Waals surface area (Å²) in [5.74, 6) is 1.38. The van der Waals surface area contributed by atoms with Gasteiger partial charge < -0.3 is 4.90 Å². The Morgan fingerprint density at radius 2 is 1.65 bits per heavy atom. The van der Waals surface area contributed by atoms with Gasteiger partial charge in [-0.25, -0.2) is 0 Å². The third-order valence-electron chi connectivity index (χ3n) is 5.67. The van der Waals surface area contributed by atoms with Gasteiger partial charge in [0.05, 0.1) is 6.54 Å². The standard InChI is InChI=1S/C19H37N3O/c1-15(2)19(23)14-20-8-6-18(7-9-20)13-21-10-11-22(16(3)4)17(5)12-21/h15-18H,6-14H2,1-5H3/t17-/m0/s1. The number of Topliss-reactive ketones (excluding diaryl/α,β-unsaturated/α-hetero) is 1. The molecule has 23 heavy (non-hydrogen) atoms. The van der Waals surface area contributed by atoms with E-state index in [-0.39, 0.29) is 5.92 Å². The van der Waals surface area contributed by atoms with Crippen LogP contribution in [0.5, 0.6) is 0 Å². The van der Waals surface area contributed by atoms with Crippen molar-refractivity contribution in [1.29, 1.82) is 0 Å². The lowest BCUT2D eigenvalue weighted by atomic mass is 9.95. The largest absolute Gasteiger partial charge is 0.300 e. The molecule has 0 aromatic carbocycles. The molecule has 4 heteroatoms.